The molecule has 0 atom stereocenters. The standard InChI is InChI=1S/C11H11BrF2INO2/c1-2-18-9(17)4-8-7(15)3-6(5-12)10(16-8)11(13)14/h3,11H,2,4-5H2,1H3. The van der Waals surface area contributed by atoms with E-state index in [2.05, 4.69) is 20.9 Å². The van der Waals surface area contributed by atoms with Gasteiger partial charge in [0.1, 0.15) is 5.69 Å². The van der Waals surface area contributed by atoms with Crippen molar-refractivity contribution in [2.24, 2.45) is 0 Å². The second-order valence-corrected chi connectivity index (χ2v) is 5.10. The summed E-state index contributed by atoms with van der Waals surface area (Å²) in [6.45, 7) is 1.95. The van der Waals surface area contributed by atoms with Crippen LogP contribution in [-0.4, -0.2) is 17.6 Å². The molecule has 3 nitrogen and oxygen atoms in total. The van der Waals surface area contributed by atoms with Gasteiger partial charge in [-0.2, -0.15) is 0 Å². The van der Waals surface area contributed by atoms with Gasteiger partial charge in [-0.1, -0.05) is 15.9 Å². The average Bonchev–Trinajstić information content (AvgIpc) is 2.31. The van der Waals surface area contributed by atoms with Crippen LogP contribution in [0.15, 0.2) is 6.07 Å². The third-order valence-corrected chi connectivity index (χ3v) is 3.67. The molecule has 0 radical (unpaired) electrons. The zero-order valence-corrected chi connectivity index (χ0v) is 13.3. The molecule has 1 aromatic rings. The molecule has 0 bridgehead atoms. The molecule has 7 heteroatoms. The molecular formula is C11H11BrF2INO2. The number of esters is 1. The van der Waals surface area contributed by atoms with Crippen LogP contribution in [0.1, 0.15) is 30.3 Å². The molecule has 1 aromatic heterocycles. The molecule has 1 heterocycles. The van der Waals surface area contributed by atoms with E-state index in [4.69, 9.17) is 4.74 Å². The highest BCUT2D eigenvalue weighted by Crippen LogP contribution is 2.26. The summed E-state index contributed by atoms with van der Waals surface area (Å²) in [5.41, 5.74) is 0.475. The summed E-state index contributed by atoms with van der Waals surface area (Å²) < 4.78 is 31.1. The van der Waals surface area contributed by atoms with Gasteiger partial charge in [-0.05, 0) is 41.1 Å². The van der Waals surface area contributed by atoms with Crippen LogP contribution in [0.5, 0.6) is 0 Å². The highest BCUT2D eigenvalue weighted by Gasteiger charge is 2.19. The fourth-order valence-corrected chi connectivity index (χ4v) is 2.49. The van der Waals surface area contributed by atoms with Crippen molar-refractivity contribution in [3.63, 3.8) is 0 Å². The Bertz CT molecular complexity index is 443. The van der Waals surface area contributed by atoms with E-state index in [1.54, 1.807) is 13.0 Å². The summed E-state index contributed by atoms with van der Waals surface area (Å²) in [5.74, 6) is -0.463. The van der Waals surface area contributed by atoms with Gasteiger partial charge in [-0.15, -0.1) is 0 Å². The number of alkyl halides is 3. The number of halogens is 4. The van der Waals surface area contributed by atoms with E-state index < -0.39 is 12.4 Å². The van der Waals surface area contributed by atoms with Crippen LogP contribution in [0, 0.1) is 3.57 Å². The van der Waals surface area contributed by atoms with Crippen molar-refractivity contribution < 1.29 is 18.3 Å². The fraction of sp³-hybridized carbons (Fsp3) is 0.455. The van der Waals surface area contributed by atoms with Gasteiger partial charge in [0.25, 0.3) is 6.43 Å². The van der Waals surface area contributed by atoms with Gasteiger partial charge in [0, 0.05) is 8.90 Å². The maximum Gasteiger partial charge on any atom is 0.311 e. The molecule has 1 rings (SSSR count). The minimum Gasteiger partial charge on any atom is -0.466 e. The number of carbonyl (C=O) groups is 1. The summed E-state index contributed by atoms with van der Waals surface area (Å²) in [5, 5.41) is 0.301. The van der Waals surface area contributed by atoms with Crippen LogP contribution in [-0.2, 0) is 21.3 Å². The van der Waals surface area contributed by atoms with Gasteiger partial charge < -0.3 is 4.74 Å². The highest BCUT2D eigenvalue weighted by atomic mass is 127. The lowest BCUT2D eigenvalue weighted by Crippen LogP contribution is -2.12. The number of hydrogen-bond donors (Lipinski definition) is 0. The van der Waals surface area contributed by atoms with E-state index in [0.29, 0.717) is 20.2 Å². The van der Waals surface area contributed by atoms with Crippen molar-refractivity contribution in [2.75, 3.05) is 6.61 Å². The van der Waals surface area contributed by atoms with Gasteiger partial charge >= 0.3 is 5.97 Å². The van der Waals surface area contributed by atoms with Crippen LogP contribution in [0.3, 0.4) is 0 Å². The molecule has 0 N–H and O–H groups in total. The summed E-state index contributed by atoms with van der Waals surface area (Å²) in [7, 11) is 0. The molecule has 0 aliphatic carbocycles. The molecule has 0 amide bonds. The first-order valence-corrected chi connectivity index (χ1v) is 7.37. The topological polar surface area (TPSA) is 39.2 Å². The molecule has 0 aliphatic rings. The number of pyridine rings is 1. The molecule has 0 fully saturated rings. The van der Waals surface area contributed by atoms with Crippen molar-refractivity contribution in [2.45, 2.75) is 25.1 Å². The van der Waals surface area contributed by atoms with E-state index in [1.807, 2.05) is 22.6 Å². The number of rotatable bonds is 5. The molecule has 0 aliphatic heterocycles. The number of aromatic nitrogens is 1. The minimum absolute atomic E-state index is 0.0889. The largest absolute Gasteiger partial charge is 0.466 e. The monoisotopic (exact) mass is 433 g/mol. The molecule has 0 spiro atoms. The predicted octanol–water partition coefficient (Wildman–Crippen LogP) is 3.62. The number of ether oxygens (including phenoxy) is 1. The summed E-state index contributed by atoms with van der Waals surface area (Å²) in [6.07, 6.45) is -2.75. The van der Waals surface area contributed by atoms with E-state index in [-0.39, 0.29) is 18.7 Å². The average molecular weight is 434 g/mol. The Morgan fingerprint density at radius 2 is 2.28 bits per heavy atom. The Labute approximate surface area is 126 Å². The molecule has 0 saturated heterocycles. The van der Waals surface area contributed by atoms with Crippen LogP contribution in [0.25, 0.3) is 0 Å². The minimum atomic E-state index is -2.66. The highest BCUT2D eigenvalue weighted by molar-refractivity contribution is 14.1. The molecule has 18 heavy (non-hydrogen) atoms. The van der Waals surface area contributed by atoms with Gasteiger partial charge in [-0.3, -0.25) is 4.79 Å². The Morgan fingerprint density at radius 1 is 1.61 bits per heavy atom. The molecular weight excluding hydrogens is 423 g/mol. The third kappa shape index (κ3) is 4.11. The third-order valence-electron chi connectivity index (χ3n) is 2.13. The van der Waals surface area contributed by atoms with Crippen LogP contribution < -0.4 is 0 Å². The SMILES string of the molecule is CCOC(=O)Cc1nc(C(F)F)c(CBr)cc1I. The zero-order valence-electron chi connectivity index (χ0n) is 9.55. The second-order valence-electron chi connectivity index (χ2n) is 3.38. The van der Waals surface area contributed by atoms with E-state index >= 15 is 0 Å². The van der Waals surface area contributed by atoms with E-state index in [1.165, 1.54) is 0 Å². The Kier molecular flexibility index (Phi) is 6.40. The van der Waals surface area contributed by atoms with Crippen molar-refractivity contribution in [3.05, 3.63) is 26.6 Å². The first-order valence-electron chi connectivity index (χ1n) is 5.17. The number of carbonyl (C=O) groups excluding carboxylic acids is 1. The van der Waals surface area contributed by atoms with E-state index in [0.717, 1.165) is 0 Å². The van der Waals surface area contributed by atoms with Gasteiger partial charge in [0.15, 0.2) is 0 Å². The first-order chi connectivity index (χ1) is 8.49. The predicted molar refractivity (Wildman–Crippen MR) is 74.9 cm³/mol. The lowest BCUT2D eigenvalue weighted by molar-refractivity contribution is -0.142. The van der Waals surface area contributed by atoms with Crippen molar-refractivity contribution in [1.82, 2.24) is 4.98 Å². The van der Waals surface area contributed by atoms with Gasteiger partial charge in [0.2, 0.25) is 0 Å². The van der Waals surface area contributed by atoms with Crippen molar-refractivity contribution in [1.29, 1.82) is 0 Å². The number of nitrogens with zero attached hydrogens (tertiary/aromatic N) is 1. The molecule has 0 unspecified atom stereocenters. The van der Waals surface area contributed by atoms with Crippen LogP contribution in [0.4, 0.5) is 8.78 Å². The molecule has 0 aromatic carbocycles. The molecule has 0 saturated carbocycles. The normalized spacial score (nSPS) is 10.8. The lowest BCUT2D eigenvalue weighted by Gasteiger charge is -2.10. The first kappa shape index (κ1) is 15.7. The maximum absolute atomic E-state index is 12.8. The smallest absolute Gasteiger partial charge is 0.311 e. The summed E-state index contributed by atoms with van der Waals surface area (Å²) >= 11 is 5.12. The molecule has 100 valence electrons. The van der Waals surface area contributed by atoms with Crippen molar-refractivity contribution in [3.8, 4) is 0 Å². The number of hydrogen-bond acceptors (Lipinski definition) is 3. The Morgan fingerprint density at radius 3 is 2.78 bits per heavy atom. The van der Waals surface area contributed by atoms with Crippen LogP contribution >= 0.6 is 38.5 Å². The summed E-state index contributed by atoms with van der Waals surface area (Å²) in [4.78, 5) is 15.2. The Balaban J connectivity index is 3.05. The zero-order chi connectivity index (χ0) is 13.7. The maximum atomic E-state index is 12.8. The van der Waals surface area contributed by atoms with Gasteiger partial charge in [0.05, 0.1) is 18.7 Å². The fourth-order valence-electron chi connectivity index (χ4n) is 1.35. The Hall–Kier alpha value is -0.310. The van der Waals surface area contributed by atoms with Crippen LogP contribution in [0.2, 0.25) is 0 Å². The summed E-state index contributed by atoms with van der Waals surface area (Å²) in [6, 6.07) is 1.61. The lowest BCUT2D eigenvalue weighted by atomic mass is 10.1. The second kappa shape index (κ2) is 7.32. The van der Waals surface area contributed by atoms with E-state index in [9.17, 15) is 13.6 Å². The van der Waals surface area contributed by atoms with Crippen molar-refractivity contribution >= 4 is 44.5 Å². The van der Waals surface area contributed by atoms with Gasteiger partial charge in [-0.25, -0.2) is 13.8 Å². The quantitative estimate of drug-likeness (QED) is 0.404.